The topological polar surface area (TPSA) is 77.2 Å². The monoisotopic (exact) mass is 431 g/mol. The molecule has 7 heteroatoms. The maximum absolute atomic E-state index is 12.7. The molecule has 0 spiro atoms. The minimum Gasteiger partial charge on any atom is -0.489 e. The number of benzene rings is 2. The molecule has 31 heavy (non-hydrogen) atoms. The Labute approximate surface area is 184 Å². The van der Waals surface area contributed by atoms with E-state index in [1.807, 2.05) is 74.5 Å². The zero-order valence-electron chi connectivity index (χ0n) is 17.2. The van der Waals surface area contributed by atoms with Gasteiger partial charge in [-0.15, -0.1) is 0 Å². The van der Waals surface area contributed by atoms with Crippen molar-refractivity contribution in [3.8, 4) is 5.75 Å². The van der Waals surface area contributed by atoms with Crippen molar-refractivity contribution in [3.63, 3.8) is 0 Å². The Hall–Kier alpha value is -3.58. The molecular formula is C24H21N3O3S. The van der Waals surface area contributed by atoms with Gasteiger partial charge in [0.1, 0.15) is 12.4 Å². The summed E-state index contributed by atoms with van der Waals surface area (Å²) in [4.78, 5) is 22.5. The molecule has 156 valence electrons. The van der Waals surface area contributed by atoms with Gasteiger partial charge < -0.3 is 14.5 Å². The standard InChI is InChI=1S/C24H21N3O3S/c1-16-14-17(2)26-24(25-16)31-21-10-8-19(9-11-21)27-23(28)22-18(12-13-29-22)15-30-20-6-4-3-5-7-20/h3-14H,15H2,1-2H3,(H,27,28). The Bertz CT molecular complexity index is 1150. The van der Waals surface area contributed by atoms with E-state index in [1.165, 1.54) is 18.0 Å². The number of anilines is 1. The largest absolute Gasteiger partial charge is 0.489 e. The van der Waals surface area contributed by atoms with Crippen LogP contribution in [-0.4, -0.2) is 15.9 Å². The lowest BCUT2D eigenvalue weighted by Crippen LogP contribution is -2.13. The molecule has 1 N–H and O–H groups in total. The summed E-state index contributed by atoms with van der Waals surface area (Å²) in [6, 6.07) is 20.6. The van der Waals surface area contributed by atoms with Crippen molar-refractivity contribution < 1.29 is 13.9 Å². The molecule has 2 heterocycles. The molecule has 0 radical (unpaired) electrons. The SMILES string of the molecule is Cc1cc(C)nc(Sc2ccc(NC(=O)c3occc3COc3ccccc3)cc2)n1. The van der Waals surface area contributed by atoms with Crippen LogP contribution < -0.4 is 10.1 Å². The first-order valence-corrected chi connectivity index (χ1v) is 10.5. The third kappa shape index (κ3) is 5.52. The first kappa shape index (κ1) is 20.7. The second kappa shape index (κ2) is 9.49. The molecule has 0 saturated heterocycles. The number of para-hydroxylation sites is 1. The first-order valence-electron chi connectivity index (χ1n) is 9.72. The average molecular weight is 432 g/mol. The molecule has 6 nitrogen and oxygen atoms in total. The zero-order chi connectivity index (χ0) is 21.6. The molecule has 2 aromatic heterocycles. The highest BCUT2D eigenvalue weighted by atomic mass is 32.2. The summed E-state index contributed by atoms with van der Waals surface area (Å²) in [6.07, 6.45) is 1.49. The van der Waals surface area contributed by atoms with Crippen LogP contribution >= 0.6 is 11.8 Å². The Morgan fingerprint density at radius 2 is 1.71 bits per heavy atom. The van der Waals surface area contributed by atoms with Crippen LogP contribution in [0, 0.1) is 13.8 Å². The fourth-order valence-electron chi connectivity index (χ4n) is 2.97. The summed E-state index contributed by atoms with van der Waals surface area (Å²) < 4.78 is 11.1. The number of hydrogen-bond acceptors (Lipinski definition) is 6. The molecule has 0 saturated carbocycles. The lowest BCUT2D eigenvalue weighted by Gasteiger charge is -2.08. The summed E-state index contributed by atoms with van der Waals surface area (Å²) in [5.41, 5.74) is 3.22. The number of rotatable bonds is 7. The van der Waals surface area contributed by atoms with Gasteiger partial charge in [-0.3, -0.25) is 4.79 Å². The third-order valence-corrected chi connectivity index (χ3v) is 5.25. The highest BCUT2D eigenvalue weighted by molar-refractivity contribution is 7.99. The van der Waals surface area contributed by atoms with E-state index >= 15 is 0 Å². The van der Waals surface area contributed by atoms with Gasteiger partial charge in [-0.05, 0) is 74.1 Å². The Morgan fingerprint density at radius 1 is 1.00 bits per heavy atom. The molecule has 1 amide bonds. The van der Waals surface area contributed by atoms with Crippen molar-refractivity contribution in [1.82, 2.24) is 9.97 Å². The van der Waals surface area contributed by atoms with Crippen molar-refractivity contribution in [3.05, 3.63) is 95.7 Å². The van der Waals surface area contributed by atoms with E-state index < -0.39 is 0 Å². The molecule has 4 aromatic rings. The van der Waals surface area contributed by atoms with E-state index in [4.69, 9.17) is 9.15 Å². The number of aryl methyl sites for hydroxylation is 2. The highest BCUT2D eigenvalue weighted by Crippen LogP contribution is 2.26. The number of carbonyl (C=O) groups is 1. The molecule has 0 aliphatic rings. The number of furan rings is 1. The van der Waals surface area contributed by atoms with Crippen LogP contribution in [0.1, 0.15) is 27.5 Å². The Morgan fingerprint density at radius 3 is 2.42 bits per heavy atom. The smallest absolute Gasteiger partial charge is 0.291 e. The second-order valence-corrected chi connectivity index (χ2v) is 7.93. The third-order valence-electron chi connectivity index (χ3n) is 4.37. The molecule has 0 bridgehead atoms. The fourth-order valence-corrected chi connectivity index (χ4v) is 3.83. The molecular weight excluding hydrogens is 410 g/mol. The second-order valence-electron chi connectivity index (χ2n) is 6.89. The lowest BCUT2D eigenvalue weighted by molar-refractivity contribution is 0.0993. The first-order chi connectivity index (χ1) is 15.1. The number of ether oxygens (including phenoxy) is 1. The number of nitrogens with one attached hydrogen (secondary N) is 1. The van der Waals surface area contributed by atoms with Gasteiger partial charge in [0.25, 0.3) is 5.91 Å². The van der Waals surface area contributed by atoms with Crippen molar-refractivity contribution in [2.75, 3.05) is 5.32 Å². The van der Waals surface area contributed by atoms with Gasteiger partial charge in [0.2, 0.25) is 0 Å². The molecule has 0 aliphatic carbocycles. The average Bonchev–Trinajstić information content (AvgIpc) is 3.22. The van der Waals surface area contributed by atoms with Crippen LogP contribution in [0.2, 0.25) is 0 Å². The molecule has 0 atom stereocenters. The minimum absolute atomic E-state index is 0.234. The Balaban J connectivity index is 1.38. The summed E-state index contributed by atoms with van der Waals surface area (Å²) in [7, 11) is 0. The normalized spacial score (nSPS) is 10.6. The number of carbonyl (C=O) groups excluding carboxylic acids is 1. The van der Waals surface area contributed by atoms with Gasteiger partial charge >= 0.3 is 0 Å². The van der Waals surface area contributed by atoms with Gasteiger partial charge in [0, 0.05) is 27.5 Å². The maximum Gasteiger partial charge on any atom is 0.291 e. The van der Waals surface area contributed by atoms with Crippen molar-refractivity contribution >= 4 is 23.4 Å². The van der Waals surface area contributed by atoms with E-state index in [2.05, 4.69) is 15.3 Å². The van der Waals surface area contributed by atoms with Crippen LogP contribution in [0.25, 0.3) is 0 Å². The fraction of sp³-hybridized carbons (Fsp3) is 0.125. The predicted octanol–water partition coefficient (Wildman–Crippen LogP) is 5.67. The van der Waals surface area contributed by atoms with Crippen molar-refractivity contribution in [2.45, 2.75) is 30.5 Å². The number of hydrogen-bond donors (Lipinski definition) is 1. The van der Waals surface area contributed by atoms with E-state index in [9.17, 15) is 4.79 Å². The van der Waals surface area contributed by atoms with Gasteiger partial charge in [0.05, 0.1) is 6.26 Å². The van der Waals surface area contributed by atoms with E-state index in [-0.39, 0.29) is 18.3 Å². The predicted molar refractivity (Wildman–Crippen MR) is 120 cm³/mol. The van der Waals surface area contributed by atoms with Crippen molar-refractivity contribution in [1.29, 1.82) is 0 Å². The Kier molecular flexibility index (Phi) is 6.33. The van der Waals surface area contributed by atoms with Crippen LogP contribution in [0.5, 0.6) is 5.75 Å². The lowest BCUT2D eigenvalue weighted by atomic mass is 10.2. The van der Waals surface area contributed by atoms with E-state index in [1.54, 1.807) is 6.07 Å². The summed E-state index contributed by atoms with van der Waals surface area (Å²) >= 11 is 1.48. The highest BCUT2D eigenvalue weighted by Gasteiger charge is 2.16. The van der Waals surface area contributed by atoms with E-state index in [0.29, 0.717) is 16.4 Å². The number of nitrogens with zero attached hydrogens (tertiary/aromatic N) is 2. The van der Waals surface area contributed by atoms with Crippen LogP contribution in [0.15, 0.2) is 87.5 Å². The van der Waals surface area contributed by atoms with E-state index in [0.717, 1.165) is 22.0 Å². The van der Waals surface area contributed by atoms with Gasteiger partial charge in [0.15, 0.2) is 10.9 Å². The molecule has 0 aliphatic heterocycles. The summed E-state index contributed by atoms with van der Waals surface area (Å²) in [5.74, 6) is 0.642. The molecule has 2 aromatic carbocycles. The zero-order valence-corrected chi connectivity index (χ0v) is 18.0. The number of aromatic nitrogens is 2. The minimum atomic E-state index is -0.324. The van der Waals surface area contributed by atoms with Gasteiger partial charge in [-0.25, -0.2) is 9.97 Å². The number of amides is 1. The van der Waals surface area contributed by atoms with Crippen LogP contribution in [0.4, 0.5) is 5.69 Å². The maximum atomic E-state index is 12.7. The summed E-state index contributed by atoms with van der Waals surface area (Å²) in [5, 5.41) is 3.57. The van der Waals surface area contributed by atoms with Gasteiger partial charge in [-0.2, -0.15) is 0 Å². The quantitative estimate of drug-likeness (QED) is 0.380. The molecule has 0 unspecified atom stereocenters. The van der Waals surface area contributed by atoms with Crippen LogP contribution in [0.3, 0.4) is 0 Å². The van der Waals surface area contributed by atoms with Crippen molar-refractivity contribution in [2.24, 2.45) is 0 Å². The molecule has 0 fully saturated rings. The molecule has 4 rings (SSSR count). The van der Waals surface area contributed by atoms with Gasteiger partial charge in [-0.1, -0.05) is 18.2 Å². The van der Waals surface area contributed by atoms with Crippen LogP contribution in [-0.2, 0) is 6.61 Å². The summed E-state index contributed by atoms with van der Waals surface area (Å²) in [6.45, 7) is 4.14.